The van der Waals surface area contributed by atoms with Gasteiger partial charge in [0.1, 0.15) is 12.6 Å². The van der Waals surface area contributed by atoms with Crippen LogP contribution in [-0.4, -0.2) is 58.3 Å². The van der Waals surface area contributed by atoms with Gasteiger partial charge in [0.25, 0.3) is 5.91 Å². The minimum Gasteiger partial charge on any atom is -0.493 e. The molecule has 36 heavy (non-hydrogen) atoms. The largest absolute Gasteiger partial charge is 0.493 e. The summed E-state index contributed by atoms with van der Waals surface area (Å²) >= 11 is 6.05. The molecule has 0 spiro atoms. The molecule has 0 bridgehead atoms. The summed E-state index contributed by atoms with van der Waals surface area (Å²) in [7, 11) is 3.10. The van der Waals surface area contributed by atoms with E-state index in [0.29, 0.717) is 33.6 Å². The van der Waals surface area contributed by atoms with Crippen molar-refractivity contribution in [2.24, 2.45) is 0 Å². The van der Waals surface area contributed by atoms with Crippen molar-refractivity contribution < 1.29 is 19.1 Å². The summed E-state index contributed by atoms with van der Waals surface area (Å²) in [6.45, 7) is 1.50. The number of nitrogens with one attached hydrogen (secondary N) is 1. The van der Waals surface area contributed by atoms with Gasteiger partial charge in [-0.2, -0.15) is 4.80 Å². The third kappa shape index (κ3) is 5.76. The molecule has 1 atom stereocenters. The number of amides is 2. The Morgan fingerprint density at radius 3 is 2.47 bits per heavy atom. The number of anilines is 1. The lowest BCUT2D eigenvalue weighted by molar-refractivity contribution is -0.127. The van der Waals surface area contributed by atoms with Crippen LogP contribution in [0.15, 0.2) is 42.5 Å². The van der Waals surface area contributed by atoms with Gasteiger partial charge in [-0.3, -0.25) is 14.5 Å². The smallest absolute Gasteiger partial charge is 0.251 e. The first-order valence-electron chi connectivity index (χ1n) is 11.8. The van der Waals surface area contributed by atoms with Crippen LogP contribution in [0.1, 0.15) is 32.6 Å². The van der Waals surface area contributed by atoms with Crippen LogP contribution in [0.3, 0.4) is 0 Å². The molecule has 0 saturated heterocycles. The first-order valence-corrected chi connectivity index (χ1v) is 12.2. The summed E-state index contributed by atoms with van der Waals surface area (Å²) in [4.78, 5) is 29.1. The normalized spacial score (nSPS) is 14.3. The van der Waals surface area contributed by atoms with Crippen LogP contribution in [0.5, 0.6) is 11.5 Å². The van der Waals surface area contributed by atoms with E-state index in [-0.39, 0.29) is 24.4 Å². The maximum Gasteiger partial charge on any atom is 0.251 e. The minimum absolute atomic E-state index is 0.142. The molecule has 2 aromatic carbocycles. The van der Waals surface area contributed by atoms with Gasteiger partial charge < -0.3 is 14.8 Å². The number of tetrazole rings is 1. The van der Waals surface area contributed by atoms with E-state index in [1.165, 1.54) is 9.70 Å². The number of hydrogen-bond acceptors (Lipinski definition) is 7. The molecule has 1 N–H and O–H groups in total. The van der Waals surface area contributed by atoms with E-state index in [4.69, 9.17) is 21.1 Å². The number of nitrogens with zero attached hydrogens (tertiary/aromatic N) is 5. The fourth-order valence-corrected chi connectivity index (χ4v) is 4.42. The molecule has 1 heterocycles. The standard InChI is InChI=1S/C25H29ClN6O4/c1-16(25(34)27-19-6-4-5-7-19)32(20-11-9-18(26)10-12-20)23(33)15-31-29-24(28-30-31)17-8-13-21(35-2)22(14-17)36-3/h8-14,16,19H,4-7,15H2,1-3H3,(H,27,34)/t16-/m0/s1. The van der Waals surface area contributed by atoms with Crippen molar-refractivity contribution in [2.75, 3.05) is 19.1 Å². The van der Waals surface area contributed by atoms with Crippen molar-refractivity contribution in [1.29, 1.82) is 0 Å². The number of hydrogen-bond donors (Lipinski definition) is 1. The van der Waals surface area contributed by atoms with E-state index in [9.17, 15) is 9.59 Å². The van der Waals surface area contributed by atoms with Crippen molar-refractivity contribution >= 4 is 29.1 Å². The Morgan fingerprint density at radius 2 is 1.81 bits per heavy atom. The second-order valence-corrected chi connectivity index (χ2v) is 9.06. The second-order valence-electron chi connectivity index (χ2n) is 8.62. The molecule has 11 heteroatoms. The lowest BCUT2D eigenvalue weighted by Gasteiger charge is -2.29. The number of ether oxygens (including phenoxy) is 2. The SMILES string of the molecule is COc1ccc(-c2nnn(CC(=O)N(c3ccc(Cl)cc3)[C@@H](C)C(=O)NC3CCCC3)n2)cc1OC. The number of halogens is 1. The third-order valence-corrected chi connectivity index (χ3v) is 6.47. The fraction of sp³-hybridized carbons (Fsp3) is 0.400. The van der Waals surface area contributed by atoms with Crippen molar-refractivity contribution in [3.8, 4) is 22.9 Å². The lowest BCUT2D eigenvalue weighted by Crippen LogP contribution is -2.51. The number of rotatable bonds is 9. The zero-order valence-electron chi connectivity index (χ0n) is 20.5. The number of carbonyl (C=O) groups excluding carboxylic acids is 2. The first kappa shape index (κ1) is 25.4. The lowest BCUT2D eigenvalue weighted by atomic mass is 10.1. The summed E-state index contributed by atoms with van der Waals surface area (Å²) in [5.41, 5.74) is 1.21. The predicted molar refractivity (Wildman–Crippen MR) is 135 cm³/mol. The van der Waals surface area contributed by atoms with Crippen molar-refractivity contribution in [2.45, 2.75) is 51.2 Å². The highest BCUT2D eigenvalue weighted by molar-refractivity contribution is 6.30. The zero-order valence-corrected chi connectivity index (χ0v) is 21.2. The van der Waals surface area contributed by atoms with Gasteiger partial charge in [0, 0.05) is 22.3 Å². The Bertz CT molecular complexity index is 1210. The first-order chi connectivity index (χ1) is 17.4. The van der Waals surface area contributed by atoms with Gasteiger partial charge >= 0.3 is 0 Å². The maximum absolute atomic E-state index is 13.5. The molecule has 190 valence electrons. The molecule has 1 fully saturated rings. The van der Waals surface area contributed by atoms with E-state index in [1.54, 1.807) is 63.6 Å². The minimum atomic E-state index is -0.742. The van der Waals surface area contributed by atoms with Crippen LogP contribution in [0.2, 0.25) is 5.02 Å². The van der Waals surface area contributed by atoms with Gasteiger partial charge in [-0.05, 0) is 67.4 Å². The molecular weight excluding hydrogens is 484 g/mol. The summed E-state index contributed by atoms with van der Waals surface area (Å²) in [5, 5.41) is 16.1. The molecule has 3 aromatic rings. The fourth-order valence-electron chi connectivity index (χ4n) is 4.29. The third-order valence-electron chi connectivity index (χ3n) is 6.21. The summed E-state index contributed by atoms with van der Waals surface area (Å²) in [6, 6.07) is 11.4. The van der Waals surface area contributed by atoms with Crippen molar-refractivity contribution in [3.63, 3.8) is 0 Å². The monoisotopic (exact) mass is 512 g/mol. The van der Waals surface area contributed by atoms with Crippen LogP contribution in [0.4, 0.5) is 5.69 Å². The Kier molecular flexibility index (Phi) is 8.04. The van der Waals surface area contributed by atoms with Crippen LogP contribution >= 0.6 is 11.6 Å². The number of carbonyl (C=O) groups is 2. The summed E-state index contributed by atoms with van der Waals surface area (Å²) in [6.07, 6.45) is 4.10. The van der Waals surface area contributed by atoms with Crippen molar-refractivity contribution in [1.82, 2.24) is 25.5 Å². The topological polar surface area (TPSA) is 111 Å². The van der Waals surface area contributed by atoms with Gasteiger partial charge in [-0.15, -0.1) is 10.2 Å². The van der Waals surface area contributed by atoms with Crippen LogP contribution < -0.4 is 19.7 Å². The molecule has 0 unspecified atom stereocenters. The molecule has 2 amide bonds. The predicted octanol–water partition coefficient (Wildman–Crippen LogP) is 3.49. The van der Waals surface area contributed by atoms with Crippen molar-refractivity contribution in [3.05, 3.63) is 47.5 Å². The molecule has 4 rings (SSSR count). The summed E-state index contributed by atoms with van der Waals surface area (Å²) in [5.74, 6) is 0.866. The Morgan fingerprint density at radius 1 is 1.11 bits per heavy atom. The Hall–Kier alpha value is -3.66. The van der Waals surface area contributed by atoms with Gasteiger partial charge in [-0.1, -0.05) is 24.4 Å². The molecule has 1 saturated carbocycles. The molecule has 10 nitrogen and oxygen atoms in total. The number of benzene rings is 2. The average Bonchev–Trinajstić information content (AvgIpc) is 3.57. The van der Waals surface area contributed by atoms with Crippen LogP contribution in [0.25, 0.3) is 11.4 Å². The highest BCUT2D eigenvalue weighted by Crippen LogP contribution is 2.30. The molecule has 1 aliphatic rings. The Balaban J connectivity index is 1.54. The summed E-state index contributed by atoms with van der Waals surface area (Å²) < 4.78 is 10.6. The number of methoxy groups -OCH3 is 2. The Labute approximate surface area is 214 Å². The molecular formula is C25H29ClN6O4. The van der Waals surface area contributed by atoms with Gasteiger partial charge in [-0.25, -0.2) is 0 Å². The molecule has 1 aromatic heterocycles. The van der Waals surface area contributed by atoms with Crippen LogP contribution in [-0.2, 0) is 16.1 Å². The van der Waals surface area contributed by atoms with E-state index in [0.717, 1.165) is 25.7 Å². The number of aromatic nitrogens is 4. The van der Waals surface area contributed by atoms with Gasteiger partial charge in [0.15, 0.2) is 11.5 Å². The molecule has 1 aliphatic carbocycles. The molecule has 0 aliphatic heterocycles. The van der Waals surface area contributed by atoms with Gasteiger partial charge in [0.2, 0.25) is 11.7 Å². The van der Waals surface area contributed by atoms with Crippen LogP contribution in [0, 0.1) is 0 Å². The van der Waals surface area contributed by atoms with E-state index >= 15 is 0 Å². The average molecular weight is 513 g/mol. The molecule has 0 radical (unpaired) electrons. The highest BCUT2D eigenvalue weighted by atomic mass is 35.5. The zero-order chi connectivity index (χ0) is 25.7. The second kappa shape index (κ2) is 11.4. The highest BCUT2D eigenvalue weighted by Gasteiger charge is 2.30. The van der Waals surface area contributed by atoms with E-state index < -0.39 is 6.04 Å². The maximum atomic E-state index is 13.5. The van der Waals surface area contributed by atoms with E-state index in [2.05, 4.69) is 20.7 Å². The quantitative estimate of drug-likeness (QED) is 0.467. The van der Waals surface area contributed by atoms with Gasteiger partial charge in [0.05, 0.1) is 14.2 Å². The van der Waals surface area contributed by atoms with E-state index in [1.807, 2.05) is 0 Å².